The zero-order valence-corrected chi connectivity index (χ0v) is 29.8. The van der Waals surface area contributed by atoms with Gasteiger partial charge in [0.1, 0.15) is 5.84 Å². The molecule has 0 saturated carbocycles. The van der Waals surface area contributed by atoms with Gasteiger partial charge in [-0.25, -0.2) is 4.99 Å². The van der Waals surface area contributed by atoms with Gasteiger partial charge in [0, 0.05) is 56.7 Å². The van der Waals surface area contributed by atoms with E-state index in [1.807, 2.05) is 25.3 Å². The molecule has 0 atom stereocenters. The van der Waals surface area contributed by atoms with Crippen LogP contribution in [0.2, 0.25) is 0 Å². The van der Waals surface area contributed by atoms with Gasteiger partial charge < -0.3 is 10.6 Å². The van der Waals surface area contributed by atoms with E-state index >= 15 is 0 Å². The Morgan fingerprint density at radius 1 is 0.717 bits per heavy atom. The molecule has 254 valence electrons. The van der Waals surface area contributed by atoms with Crippen molar-refractivity contribution in [1.29, 1.82) is 0 Å². The Hall–Kier alpha value is -6.91. The van der Waals surface area contributed by atoms with Crippen LogP contribution in [0.5, 0.6) is 0 Å². The van der Waals surface area contributed by atoms with Gasteiger partial charge in [-0.1, -0.05) is 122 Å². The van der Waals surface area contributed by atoms with Gasteiger partial charge in [-0.2, -0.15) is 0 Å². The minimum Gasteiger partial charge on any atom is -0.398 e. The van der Waals surface area contributed by atoms with Gasteiger partial charge in [0.05, 0.1) is 16.7 Å². The maximum atomic E-state index is 6.77. The van der Waals surface area contributed by atoms with E-state index < -0.39 is 0 Å². The van der Waals surface area contributed by atoms with Crippen LogP contribution in [0, 0.1) is 0 Å². The van der Waals surface area contributed by atoms with Gasteiger partial charge >= 0.3 is 0 Å². The van der Waals surface area contributed by atoms with Crippen molar-refractivity contribution in [3.05, 3.63) is 199 Å². The first kappa shape index (κ1) is 32.0. The number of aliphatic imine (C=N–C) groups is 1. The number of aromatic nitrogens is 1. The minimum absolute atomic E-state index is 0.746. The molecule has 6 aromatic carbocycles. The van der Waals surface area contributed by atoms with Crippen molar-refractivity contribution >= 4 is 66.5 Å². The Bertz CT molecular complexity index is 2820. The predicted octanol–water partition coefficient (Wildman–Crippen LogP) is 12.4. The van der Waals surface area contributed by atoms with Crippen LogP contribution in [0.4, 0.5) is 11.4 Å². The Morgan fingerprint density at radius 3 is 2.32 bits per heavy atom. The average Bonchev–Trinajstić information content (AvgIpc) is 3.67. The second-order valence-electron chi connectivity index (χ2n) is 13.5. The summed E-state index contributed by atoms with van der Waals surface area (Å²) in [6.45, 7) is 8.56. The first-order valence-electron chi connectivity index (χ1n) is 18.0. The maximum absolute atomic E-state index is 6.77. The Labute approximate surface area is 309 Å². The summed E-state index contributed by atoms with van der Waals surface area (Å²) in [4.78, 5) is 7.36. The average molecular weight is 683 g/mol. The smallest absolute Gasteiger partial charge is 0.110 e. The van der Waals surface area contributed by atoms with Gasteiger partial charge in [0.2, 0.25) is 0 Å². The molecule has 1 aliphatic heterocycles. The molecule has 53 heavy (non-hydrogen) atoms. The van der Waals surface area contributed by atoms with Gasteiger partial charge in [-0.3, -0.25) is 4.57 Å². The highest BCUT2D eigenvalue weighted by Crippen LogP contribution is 2.42. The number of para-hydroxylation sites is 1. The third kappa shape index (κ3) is 5.35. The molecule has 0 amide bonds. The van der Waals surface area contributed by atoms with Gasteiger partial charge in [-0.15, -0.1) is 0 Å². The molecule has 0 radical (unpaired) electrons. The Balaban J connectivity index is 1.21. The van der Waals surface area contributed by atoms with Crippen LogP contribution in [0.3, 0.4) is 0 Å². The number of rotatable bonds is 4. The van der Waals surface area contributed by atoms with Crippen LogP contribution in [0.1, 0.15) is 30.5 Å². The standard InChI is InChI=1S/C49H38N4/c1-4-14-41-39-20-10-11-21-40(39)45(48(41)50)31-51-33(3)53-47-27-24-36(30-44(47)42-25-22-34-16-8-9-19-38(34)49(42)53)35-23-26-46-43(29-35)32(2)15-12-13-28-52(46)37-17-6-5-7-18-37/h4-31H,2,50H2,1,3H3/b14-4-,15-12-,28-13-,45-31+,51-33?. The van der Waals surface area contributed by atoms with E-state index in [1.165, 1.54) is 21.5 Å². The highest BCUT2D eigenvalue weighted by Gasteiger charge is 2.23. The van der Waals surface area contributed by atoms with Crippen molar-refractivity contribution in [3.8, 4) is 11.1 Å². The van der Waals surface area contributed by atoms with Crippen LogP contribution >= 0.6 is 0 Å². The Kier molecular flexibility index (Phi) is 7.86. The fourth-order valence-electron chi connectivity index (χ4n) is 7.86. The molecule has 2 heterocycles. The molecule has 4 nitrogen and oxygen atoms in total. The summed E-state index contributed by atoms with van der Waals surface area (Å²) in [5.41, 5.74) is 20.5. The summed E-state index contributed by atoms with van der Waals surface area (Å²) < 4.78 is 2.30. The van der Waals surface area contributed by atoms with Crippen LogP contribution in [-0.2, 0) is 0 Å². The minimum atomic E-state index is 0.746. The summed E-state index contributed by atoms with van der Waals surface area (Å²) in [5, 5.41) is 4.73. The molecule has 2 N–H and O–H groups in total. The molecule has 1 aromatic heterocycles. The summed E-state index contributed by atoms with van der Waals surface area (Å²) in [6, 6.07) is 45.3. The number of nitrogens with zero attached hydrogens (tertiary/aromatic N) is 3. The molecule has 0 bridgehead atoms. The van der Waals surface area contributed by atoms with Crippen LogP contribution in [-0.4, -0.2) is 10.4 Å². The highest BCUT2D eigenvalue weighted by atomic mass is 15.1. The molecular formula is C49H38N4. The summed E-state index contributed by atoms with van der Waals surface area (Å²) in [5.74, 6) is 0.865. The number of hydrogen-bond acceptors (Lipinski definition) is 3. The second kappa shape index (κ2) is 13.0. The Morgan fingerprint density at radius 2 is 1.47 bits per heavy atom. The molecule has 1 aliphatic carbocycles. The number of benzene rings is 6. The van der Waals surface area contributed by atoms with E-state index in [0.29, 0.717) is 0 Å². The van der Waals surface area contributed by atoms with Gasteiger partial charge in [0.15, 0.2) is 0 Å². The van der Waals surface area contributed by atoms with E-state index in [-0.39, 0.29) is 0 Å². The lowest BCUT2D eigenvalue weighted by Gasteiger charge is -2.25. The fourth-order valence-corrected chi connectivity index (χ4v) is 7.86. The van der Waals surface area contributed by atoms with Crippen LogP contribution in [0.15, 0.2) is 187 Å². The van der Waals surface area contributed by atoms with Crippen LogP contribution in [0.25, 0.3) is 60.4 Å². The van der Waals surface area contributed by atoms with Crippen molar-refractivity contribution in [1.82, 2.24) is 4.57 Å². The maximum Gasteiger partial charge on any atom is 0.110 e. The number of hydrogen-bond donors (Lipinski definition) is 1. The molecule has 4 heteroatoms. The first-order valence-corrected chi connectivity index (χ1v) is 18.0. The number of anilines is 2. The number of allylic oxidation sites excluding steroid dienone is 8. The number of fused-ring (bicyclic) bond motifs is 7. The zero-order valence-electron chi connectivity index (χ0n) is 29.8. The van der Waals surface area contributed by atoms with Crippen molar-refractivity contribution < 1.29 is 0 Å². The second-order valence-corrected chi connectivity index (χ2v) is 13.5. The molecule has 0 unspecified atom stereocenters. The summed E-state index contributed by atoms with van der Waals surface area (Å²) >= 11 is 0. The summed E-state index contributed by atoms with van der Waals surface area (Å²) in [6.07, 6.45) is 14.3. The zero-order chi connectivity index (χ0) is 36.1. The lowest BCUT2D eigenvalue weighted by molar-refractivity contribution is 1.24. The molecule has 9 rings (SSSR count). The molecule has 0 fully saturated rings. The summed E-state index contributed by atoms with van der Waals surface area (Å²) in [7, 11) is 0. The van der Waals surface area contributed by atoms with Crippen molar-refractivity contribution in [2.45, 2.75) is 13.8 Å². The van der Waals surface area contributed by atoms with E-state index in [4.69, 9.17) is 10.7 Å². The molecule has 0 saturated heterocycles. The van der Waals surface area contributed by atoms with E-state index in [1.54, 1.807) is 0 Å². The van der Waals surface area contributed by atoms with Crippen molar-refractivity contribution in [2.24, 2.45) is 10.7 Å². The quantitative estimate of drug-likeness (QED) is 0.148. The topological polar surface area (TPSA) is 46.5 Å². The fraction of sp³-hybridized carbons (Fsp3) is 0.0408. The third-order valence-electron chi connectivity index (χ3n) is 10.4. The molecular weight excluding hydrogens is 645 g/mol. The molecule has 2 aliphatic rings. The normalized spacial score (nSPS) is 16.5. The monoisotopic (exact) mass is 682 g/mol. The van der Waals surface area contributed by atoms with E-state index in [2.05, 4.69) is 175 Å². The first-order chi connectivity index (χ1) is 26.0. The SMILES string of the molecule is C=C1/C=C\C=C/N(c2ccccc2)c2ccc(-c3ccc4c(c3)c3ccc5ccccc5c3n4C(C)=N/C=C3C(N)=C(/C=C\C)c4ccccc4/3)cc21. The largest absolute Gasteiger partial charge is 0.398 e. The third-order valence-corrected chi connectivity index (χ3v) is 10.4. The lowest BCUT2D eigenvalue weighted by Crippen LogP contribution is -2.11. The van der Waals surface area contributed by atoms with Gasteiger partial charge in [0.25, 0.3) is 0 Å². The number of nitrogens with two attached hydrogens (primary N) is 1. The van der Waals surface area contributed by atoms with E-state index in [0.717, 1.165) is 78.5 Å². The molecule has 7 aromatic rings. The van der Waals surface area contributed by atoms with Crippen molar-refractivity contribution in [3.63, 3.8) is 0 Å². The lowest BCUT2D eigenvalue weighted by atomic mass is 9.95. The molecule has 0 spiro atoms. The predicted molar refractivity (Wildman–Crippen MR) is 227 cm³/mol. The van der Waals surface area contributed by atoms with Crippen LogP contribution < -0.4 is 10.6 Å². The van der Waals surface area contributed by atoms with Crippen molar-refractivity contribution in [2.75, 3.05) is 4.90 Å². The highest BCUT2D eigenvalue weighted by molar-refractivity contribution is 6.22. The van der Waals surface area contributed by atoms with Gasteiger partial charge in [-0.05, 0) is 89.5 Å². The van der Waals surface area contributed by atoms with E-state index in [9.17, 15) is 0 Å².